The van der Waals surface area contributed by atoms with Gasteiger partial charge in [-0.25, -0.2) is 4.79 Å². The smallest absolute Gasteiger partial charge is 0.337 e. The monoisotopic (exact) mass is 280 g/mol. The number of rotatable bonds is 9. The lowest BCUT2D eigenvalue weighted by Gasteiger charge is -2.10. The number of hydrogen-bond acceptors (Lipinski definition) is 5. The largest absolute Gasteiger partial charge is 0.491 e. The van der Waals surface area contributed by atoms with E-state index in [4.69, 9.17) is 14.2 Å². The molecule has 0 atom stereocenters. The van der Waals surface area contributed by atoms with Crippen molar-refractivity contribution >= 4 is 11.7 Å². The van der Waals surface area contributed by atoms with Crippen LogP contribution in [0.1, 0.15) is 15.9 Å². The van der Waals surface area contributed by atoms with Gasteiger partial charge in [0.15, 0.2) is 0 Å². The van der Waals surface area contributed by atoms with E-state index < -0.39 is 0 Å². The summed E-state index contributed by atoms with van der Waals surface area (Å²) in [5.41, 5.74) is 1.31. The molecule has 5 heteroatoms. The van der Waals surface area contributed by atoms with E-state index in [1.165, 1.54) is 7.11 Å². The summed E-state index contributed by atoms with van der Waals surface area (Å²) in [7, 11) is 2.97. The fraction of sp³-hybridized carbons (Fsp3) is 0.400. The Morgan fingerprint density at radius 2 is 1.60 bits per heavy atom. The molecule has 0 radical (unpaired) electrons. The molecule has 0 fully saturated rings. The summed E-state index contributed by atoms with van der Waals surface area (Å²) >= 11 is 0. The maximum atomic E-state index is 11.3. The van der Waals surface area contributed by atoms with Gasteiger partial charge in [0.2, 0.25) is 0 Å². The number of methoxy groups -OCH3 is 2. The Hall–Kier alpha value is -1.85. The highest BCUT2D eigenvalue weighted by Gasteiger charge is 2.06. The zero-order chi connectivity index (χ0) is 14.8. The number of carbonyl (C=O) groups is 1. The minimum Gasteiger partial charge on any atom is -0.491 e. The number of esters is 1. The van der Waals surface area contributed by atoms with E-state index in [1.807, 2.05) is 0 Å². The number of ether oxygens (including phenoxy) is 4. The van der Waals surface area contributed by atoms with Gasteiger partial charge in [0, 0.05) is 12.7 Å². The topological polar surface area (TPSA) is 54.0 Å². The average molecular weight is 280 g/mol. The second-order valence-electron chi connectivity index (χ2n) is 3.95. The molecule has 0 bridgehead atoms. The standard InChI is InChI=1S/C15H20O5/c1-12(20-11-10-19-9-8-17-2)13-4-6-14(7-5-13)15(16)18-3/h4-7H,1,8-11H2,2-3H3. The zero-order valence-corrected chi connectivity index (χ0v) is 11.9. The van der Waals surface area contributed by atoms with Gasteiger partial charge in [0.1, 0.15) is 12.4 Å². The van der Waals surface area contributed by atoms with Gasteiger partial charge in [0.25, 0.3) is 0 Å². The summed E-state index contributed by atoms with van der Waals surface area (Å²) in [5.74, 6) is 0.173. The highest BCUT2D eigenvalue weighted by molar-refractivity contribution is 5.89. The van der Waals surface area contributed by atoms with E-state index in [2.05, 4.69) is 11.3 Å². The normalized spacial score (nSPS) is 10.1. The van der Waals surface area contributed by atoms with Gasteiger partial charge in [-0.15, -0.1) is 0 Å². The molecule has 0 N–H and O–H groups in total. The number of carbonyl (C=O) groups excluding carboxylic acids is 1. The lowest BCUT2D eigenvalue weighted by Crippen LogP contribution is -2.08. The molecule has 0 amide bonds. The highest BCUT2D eigenvalue weighted by Crippen LogP contribution is 2.15. The molecule has 0 aromatic heterocycles. The quantitative estimate of drug-likeness (QED) is 0.394. The Labute approximate surface area is 119 Å². The van der Waals surface area contributed by atoms with Gasteiger partial charge < -0.3 is 18.9 Å². The summed E-state index contributed by atoms with van der Waals surface area (Å²) < 4.78 is 20.2. The first-order valence-electron chi connectivity index (χ1n) is 6.26. The van der Waals surface area contributed by atoms with Gasteiger partial charge >= 0.3 is 5.97 Å². The minimum atomic E-state index is -0.366. The molecule has 0 aliphatic rings. The van der Waals surface area contributed by atoms with Gasteiger partial charge in [-0.1, -0.05) is 18.7 Å². The van der Waals surface area contributed by atoms with Crippen LogP contribution in [0.4, 0.5) is 0 Å². The van der Waals surface area contributed by atoms with Crippen LogP contribution in [0.5, 0.6) is 0 Å². The predicted molar refractivity (Wildman–Crippen MR) is 75.5 cm³/mol. The van der Waals surface area contributed by atoms with Crippen molar-refractivity contribution in [1.82, 2.24) is 0 Å². The summed E-state index contributed by atoms with van der Waals surface area (Å²) in [6, 6.07) is 6.87. The molecule has 0 aliphatic heterocycles. The van der Waals surface area contributed by atoms with Crippen LogP contribution < -0.4 is 0 Å². The molecular weight excluding hydrogens is 260 g/mol. The predicted octanol–water partition coefficient (Wildman–Crippen LogP) is 2.12. The Morgan fingerprint density at radius 1 is 1.00 bits per heavy atom. The van der Waals surface area contributed by atoms with Crippen molar-refractivity contribution in [3.63, 3.8) is 0 Å². The van der Waals surface area contributed by atoms with Crippen molar-refractivity contribution in [3.05, 3.63) is 42.0 Å². The van der Waals surface area contributed by atoms with E-state index >= 15 is 0 Å². The van der Waals surface area contributed by atoms with E-state index in [0.717, 1.165) is 5.56 Å². The number of hydrogen-bond donors (Lipinski definition) is 0. The van der Waals surface area contributed by atoms with Gasteiger partial charge in [-0.05, 0) is 12.1 Å². The first kappa shape index (κ1) is 16.2. The van der Waals surface area contributed by atoms with Crippen LogP contribution in [0.15, 0.2) is 30.8 Å². The summed E-state index contributed by atoms with van der Waals surface area (Å²) in [5, 5.41) is 0. The van der Waals surface area contributed by atoms with Crippen LogP contribution in [0.3, 0.4) is 0 Å². The molecule has 0 aliphatic carbocycles. The van der Waals surface area contributed by atoms with Crippen LogP contribution in [0.25, 0.3) is 5.76 Å². The molecule has 110 valence electrons. The first-order chi connectivity index (χ1) is 9.69. The molecule has 0 unspecified atom stereocenters. The van der Waals surface area contributed by atoms with Crippen LogP contribution in [0, 0.1) is 0 Å². The Bertz CT molecular complexity index is 424. The molecule has 1 rings (SSSR count). The molecule has 20 heavy (non-hydrogen) atoms. The van der Waals surface area contributed by atoms with Gasteiger partial charge in [0.05, 0.1) is 32.5 Å². The van der Waals surface area contributed by atoms with Crippen LogP contribution in [0.2, 0.25) is 0 Å². The summed E-state index contributed by atoms with van der Waals surface area (Å²) in [4.78, 5) is 11.3. The molecule has 1 aromatic rings. The van der Waals surface area contributed by atoms with E-state index in [1.54, 1.807) is 31.4 Å². The fourth-order valence-corrected chi connectivity index (χ4v) is 1.46. The Kier molecular flexibility index (Phi) is 7.39. The number of benzene rings is 1. The van der Waals surface area contributed by atoms with Crippen molar-refractivity contribution in [2.75, 3.05) is 40.6 Å². The third-order valence-corrected chi connectivity index (χ3v) is 2.56. The van der Waals surface area contributed by atoms with E-state index in [0.29, 0.717) is 37.8 Å². The van der Waals surface area contributed by atoms with Gasteiger partial charge in [-0.2, -0.15) is 0 Å². The maximum Gasteiger partial charge on any atom is 0.337 e. The minimum absolute atomic E-state index is 0.366. The molecule has 0 saturated heterocycles. The first-order valence-corrected chi connectivity index (χ1v) is 6.26. The second-order valence-corrected chi connectivity index (χ2v) is 3.95. The van der Waals surface area contributed by atoms with Crippen molar-refractivity contribution in [2.24, 2.45) is 0 Å². The van der Waals surface area contributed by atoms with Crippen molar-refractivity contribution < 1.29 is 23.7 Å². The van der Waals surface area contributed by atoms with Crippen molar-refractivity contribution in [2.45, 2.75) is 0 Å². The molecule has 0 spiro atoms. The van der Waals surface area contributed by atoms with Crippen LogP contribution in [-0.2, 0) is 18.9 Å². The van der Waals surface area contributed by atoms with Crippen molar-refractivity contribution in [1.29, 1.82) is 0 Å². The molecule has 1 aromatic carbocycles. The van der Waals surface area contributed by atoms with Crippen LogP contribution in [-0.4, -0.2) is 46.6 Å². The Balaban J connectivity index is 2.34. The summed E-state index contributed by atoms with van der Waals surface area (Å²) in [6.07, 6.45) is 0. The van der Waals surface area contributed by atoms with E-state index in [-0.39, 0.29) is 5.97 Å². The van der Waals surface area contributed by atoms with Crippen molar-refractivity contribution in [3.8, 4) is 0 Å². The summed E-state index contributed by atoms with van der Waals surface area (Å²) in [6.45, 7) is 5.83. The van der Waals surface area contributed by atoms with E-state index in [9.17, 15) is 4.79 Å². The van der Waals surface area contributed by atoms with Gasteiger partial charge in [-0.3, -0.25) is 0 Å². The zero-order valence-electron chi connectivity index (χ0n) is 11.9. The average Bonchev–Trinajstić information content (AvgIpc) is 2.50. The lowest BCUT2D eigenvalue weighted by atomic mass is 10.1. The SMILES string of the molecule is C=C(OCCOCCOC)c1ccc(C(=O)OC)cc1. The molecule has 5 nitrogen and oxygen atoms in total. The lowest BCUT2D eigenvalue weighted by molar-refractivity contribution is 0.0498. The third kappa shape index (κ3) is 5.42. The second kappa shape index (κ2) is 9.12. The maximum absolute atomic E-state index is 11.3. The highest BCUT2D eigenvalue weighted by atomic mass is 16.5. The molecule has 0 saturated carbocycles. The third-order valence-electron chi connectivity index (χ3n) is 2.56. The van der Waals surface area contributed by atoms with Crippen LogP contribution >= 0.6 is 0 Å². The fourth-order valence-electron chi connectivity index (χ4n) is 1.46. The molecule has 0 heterocycles. The molecular formula is C15H20O5. The Morgan fingerprint density at radius 3 is 2.20 bits per heavy atom.